The molecule has 0 spiro atoms. The second-order valence-electron chi connectivity index (χ2n) is 12.7. The fraction of sp³-hybridized carbons (Fsp3) is 0.606. The SMILES string of the molecule is O=C(CC1CCN(C(=O)CN2CCCCC2)CC1)N1CCC([C@H]2c3ncc(Br)cc3CCc3cc(Cl)cc(Br)c32)CC1. The third-order valence-electron chi connectivity index (χ3n) is 10.0. The Bertz CT molecular complexity index is 1300. The Labute approximate surface area is 271 Å². The minimum Gasteiger partial charge on any atom is -0.343 e. The first-order chi connectivity index (χ1) is 20.4. The summed E-state index contributed by atoms with van der Waals surface area (Å²) in [6.45, 7) is 5.81. The number of amides is 2. The van der Waals surface area contributed by atoms with E-state index in [-0.39, 0.29) is 17.7 Å². The number of nitrogens with zero attached hydrogens (tertiary/aromatic N) is 4. The second-order valence-corrected chi connectivity index (χ2v) is 14.9. The smallest absolute Gasteiger partial charge is 0.236 e. The van der Waals surface area contributed by atoms with Gasteiger partial charge in [-0.3, -0.25) is 19.5 Å². The predicted molar refractivity (Wildman–Crippen MR) is 174 cm³/mol. The first kappa shape index (κ1) is 30.5. The van der Waals surface area contributed by atoms with Gasteiger partial charge in [0.15, 0.2) is 0 Å². The molecule has 1 aromatic carbocycles. The van der Waals surface area contributed by atoms with Crippen LogP contribution in [0.4, 0.5) is 0 Å². The van der Waals surface area contributed by atoms with Crippen LogP contribution in [-0.2, 0) is 22.4 Å². The summed E-state index contributed by atoms with van der Waals surface area (Å²) in [7, 11) is 0. The Kier molecular flexibility index (Phi) is 9.93. The molecule has 3 saturated heterocycles. The van der Waals surface area contributed by atoms with Crippen LogP contribution in [0.25, 0.3) is 0 Å². The van der Waals surface area contributed by atoms with Crippen molar-refractivity contribution < 1.29 is 9.59 Å². The number of benzene rings is 1. The first-order valence-electron chi connectivity index (χ1n) is 15.8. The van der Waals surface area contributed by atoms with E-state index in [9.17, 15) is 9.59 Å². The van der Waals surface area contributed by atoms with E-state index in [4.69, 9.17) is 16.6 Å². The maximum Gasteiger partial charge on any atom is 0.236 e. The fourth-order valence-corrected chi connectivity index (χ4v) is 9.18. The van der Waals surface area contributed by atoms with E-state index in [1.54, 1.807) is 0 Å². The fourth-order valence-electron chi connectivity index (χ4n) is 7.68. The first-order valence-corrected chi connectivity index (χ1v) is 17.7. The van der Waals surface area contributed by atoms with Gasteiger partial charge in [-0.25, -0.2) is 0 Å². The van der Waals surface area contributed by atoms with Crippen LogP contribution in [0.15, 0.2) is 33.3 Å². The van der Waals surface area contributed by atoms with Gasteiger partial charge in [-0.1, -0.05) is 34.0 Å². The van der Waals surface area contributed by atoms with Crippen molar-refractivity contribution in [3.05, 3.63) is 60.7 Å². The maximum absolute atomic E-state index is 13.4. The Hall–Kier alpha value is -1.48. The Morgan fingerprint density at radius 1 is 0.833 bits per heavy atom. The van der Waals surface area contributed by atoms with Gasteiger partial charge in [-0.05, 0) is 127 Å². The molecule has 2 aromatic rings. The average Bonchev–Trinajstić information content (AvgIpc) is 3.15. The van der Waals surface area contributed by atoms with E-state index < -0.39 is 0 Å². The summed E-state index contributed by atoms with van der Waals surface area (Å²) < 4.78 is 2.08. The molecule has 0 N–H and O–H groups in total. The number of aryl methyl sites for hydroxylation is 2. The van der Waals surface area contributed by atoms with Crippen molar-refractivity contribution in [1.82, 2.24) is 19.7 Å². The molecule has 1 aromatic heterocycles. The lowest BCUT2D eigenvalue weighted by molar-refractivity contribution is -0.135. The highest BCUT2D eigenvalue weighted by Crippen LogP contribution is 2.46. The number of carbonyl (C=O) groups is 2. The zero-order valence-electron chi connectivity index (χ0n) is 24.3. The number of aromatic nitrogens is 1. The normalized spacial score (nSPS) is 22.4. The number of hydrogen-bond donors (Lipinski definition) is 0. The van der Waals surface area contributed by atoms with Crippen molar-refractivity contribution in [2.45, 2.75) is 70.1 Å². The van der Waals surface area contributed by atoms with Crippen molar-refractivity contribution in [2.24, 2.45) is 11.8 Å². The molecule has 1 atom stereocenters. The number of pyridine rings is 1. The van der Waals surface area contributed by atoms with Crippen LogP contribution in [0.5, 0.6) is 0 Å². The van der Waals surface area contributed by atoms with E-state index in [0.717, 1.165) is 91.8 Å². The quantitative estimate of drug-likeness (QED) is 0.340. The molecule has 3 aliphatic heterocycles. The minimum atomic E-state index is 0.182. The minimum absolute atomic E-state index is 0.182. The Morgan fingerprint density at radius 2 is 1.50 bits per heavy atom. The molecule has 0 bridgehead atoms. The standard InChI is InChI=1S/C33H41Br2ClN4O2/c34-26-17-25-5-4-24-18-27(36)19-28(35)31(24)32(33(25)37-20-26)23-8-14-39(15-9-23)29(41)16-22-6-12-40(13-7-22)30(42)21-38-10-2-1-3-11-38/h17-20,22-23,32H,1-16,21H2/t32-/m1/s1. The van der Waals surface area contributed by atoms with Crippen molar-refractivity contribution in [2.75, 3.05) is 45.8 Å². The van der Waals surface area contributed by atoms with Crippen molar-refractivity contribution >= 4 is 55.3 Å². The number of hydrogen-bond acceptors (Lipinski definition) is 4. The van der Waals surface area contributed by atoms with E-state index in [1.807, 2.05) is 17.2 Å². The van der Waals surface area contributed by atoms with Crippen LogP contribution in [0, 0.1) is 11.8 Å². The van der Waals surface area contributed by atoms with Gasteiger partial charge in [0.1, 0.15) is 0 Å². The zero-order valence-corrected chi connectivity index (χ0v) is 28.2. The highest BCUT2D eigenvalue weighted by atomic mass is 79.9. The number of halogens is 3. The van der Waals surface area contributed by atoms with Crippen molar-refractivity contribution in [3.63, 3.8) is 0 Å². The molecule has 3 fully saturated rings. The van der Waals surface area contributed by atoms with Crippen LogP contribution >= 0.6 is 43.5 Å². The van der Waals surface area contributed by atoms with E-state index in [1.165, 1.54) is 41.6 Å². The number of carbonyl (C=O) groups excluding carboxylic acids is 2. The lowest BCUT2D eigenvalue weighted by atomic mass is 9.76. The van der Waals surface area contributed by atoms with Crippen molar-refractivity contribution in [3.8, 4) is 0 Å². The van der Waals surface area contributed by atoms with Gasteiger partial charge in [-0.2, -0.15) is 0 Å². The highest BCUT2D eigenvalue weighted by molar-refractivity contribution is 9.10. The molecule has 0 unspecified atom stereocenters. The van der Waals surface area contributed by atoms with Gasteiger partial charge in [0.25, 0.3) is 0 Å². The van der Waals surface area contributed by atoms with Crippen LogP contribution < -0.4 is 0 Å². The highest BCUT2D eigenvalue weighted by Gasteiger charge is 2.37. The number of likely N-dealkylation sites (tertiary alicyclic amines) is 3. The molecule has 226 valence electrons. The third kappa shape index (κ3) is 6.92. The monoisotopic (exact) mass is 718 g/mol. The topological polar surface area (TPSA) is 56.8 Å². The number of fused-ring (bicyclic) bond motifs is 2. The van der Waals surface area contributed by atoms with Gasteiger partial charge in [0.05, 0.1) is 12.2 Å². The van der Waals surface area contributed by atoms with Gasteiger partial charge in [0.2, 0.25) is 11.8 Å². The summed E-state index contributed by atoms with van der Waals surface area (Å²) in [5.41, 5.74) is 5.09. The molecule has 42 heavy (non-hydrogen) atoms. The number of rotatable bonds is 5. The van der Waals surface area contributed by atoms with Gasteiger partial charge < -0.3 is 9.80 Å². The lowest BCUT2D eigenvalue weighted by Crippen LogP contribution is -2.46. The molecule has 0 radical (unpaired) electrons. The molecule has 4 heterocycles. The molecule has 1 aliphatic carbocycles. The van der Waals surface area contributed by atoms with Crippen LogP contribution in [0.2, 0.25) is 5.02 Å². The van der Waals surface area contributed by atoms with E-state index in [2.05, 4.69) is 53.8 Å². The molecule has 0 saturated carbocycles. The Morgan fingerprint density at radius 3 is 2.24 bits per heavy atom. The molecule has 6 nitrogen and oxygen atoms in total. The Balaban J connectivity index is 1.06. The van der Waals surface area contributed by atoms with Crippen molar-refractivity contribution in [1.29, 1.82) is 0 Å². The molecule has 6 rings (SSSR count). The molecular weight excluding hydrogens is 680 g/mol. The average molecular weight is 721 g/mol. The second kappa shape index (κ2) is 13.7. The molecular formula is C33H41Br2ClN4O2. The van der Waals surface area contributed by atoms with E-state index in [0.29, 0.717) is 24.8 Å². The van der Waals surface area contributed by atoms with Gasteiger partial charge >= 0.3 is 0 Å². The predicted octanol–water partition coefficient (Wildman–Crippen LogP) is 6.84. The summed E-state index contributed by atoms with van der Waals surface area (Å²) in [6, 6.07) is 6.37. The van der Waals surface area contributed by atoms with Gasteiger partial charge in [-0.15, -0.1) is 0 Å². The number of piperidine rings is 3. The van der Waals surface area contributed by atoms with E-state index >= 15 is 0 Å². The van der Waals surface area contributed by atoms with Crippen LogP contribution in [0.1, 0.15) is 79.7 Å². The summed E-state index contributed by atoms with van der Waals surface area (Å²) in [4.78, 5) is 37.6. The summed E-state index contributed by atoms with van der Waals surface area (Å²) in [5.74, 6) is 1.51. The van der Waals surface area contributed by atoms with Gasteiger partial charge in [0, 0.05) is 58.7 Å². The van der Waals surface area contributed by atoms with Crippen LogP contribution in [0.3, 0.4) is 0 Å². The largest absolute Gasteiger partial charge is 0.343 e. The summed E-state index contributed by atoms with van der Waals surface area (Å²) in [5, 5.41) is 0.761. The van der Waals surface area contributed by atoms with Crippen LogP contribution in [-0.4, -0.2) is 77.3 Å². The summed E-state index contributed by atoms with van der Waals surface area (Å²) in [6.07, 6.45) is 11.9. The molecule has 9 heteroatoms. The lowest BCUT2D eigenvalue weighted by Gasteiger charge is -2.38. The molecule has 4 aliphatic rings. The summed E-state index contributed by atoms with van der Waals surface area (Å²) >= 11 is 14.0. The maximum atomic E-state index is 13.4. The zero-order chi connectivity index (χ0) is 29.2. The molecule has 2 amide bonds. The third-order valence-corrected chi connectivity index (χ3v) is 11.3.